The van der Waals surface area contributed by atoms with E-state index in [2.05, 4.69) is 0 Å². The van der Waals surface area contributed by atoms with Gasteiger partial charge in [-0.1, -0.05) is 17.4 Å². The summed E-state index contributed by atoms with van der Waals surface area (Å²) < 4.78 is 45.7. The maximum atomic E-state index is 14.0. The second kappa shape index (κ2) is 10.6. The number of ether oxygens (including phenoxy) is 3. The number of benzene rings is 1. The molecule has 1 aromatic carbocycles. The van der Waals surface area contributed by atoms with Crippen molar-refractivity contribution in [3.05, 3.63) is 29.6 Å². The van der Waals surface area contributed by atoms with Crippen molar-refractivity contribution < 1.29 is 27.4 Å². The van der Waals surface area contributed by atoms with Crippen molar-refractivity contribution >= 4 is 54.0 Å². The first-order valence-corrected chi connectivity index (χ1v) is 15.0. The lowest BCUT2D eigenvalue weighted by Crippen LogP contribution is -2.48. The molecule has 2 saturated heterocycles. The maximum Gasteiger partial charge on any atom is 0.252 e. The number of fused-ring (bicyclic) bond motifs is 1. The summed E-state index contributed by atoms with van der Waals surface area (Å²) in [6.07, 6.45) is 2.97. The van der Waals surface area contributed by atoms with Gasteiger partial charge in [-0.15, -0.1) is 11.3 Å². The summed E-state index contributed by atoms with van der Waals surface area (Å²) in [6, 6.07) is 6.95. The van der Waals surface area contributed by atoms with Gasteiger partial charge in [0.1, 0.15) is 25.9 Å². The van der Waals surface area contributed by atoms with Crippen LogP contribution in [0.5, 0.6) is 11.5 Å². The number of rotatable bonds is 8. The van der Waals surface area contributed by atoms with Gasteiger partial charge in [0.05, 0.1) is 32.8 Å². The summed E-state index contributed by atoms with van der Waals surface area (Å²) in [5.41, 5.74) is 0.632. The van der Waals surface area contributed by atoms with Crippen molar-refractivity contribution in [2.24, 2.45) is 5.92 Å². The van der Waals surface area contributed by atoms with E-state index in [1.807, 2.05) is 6.07 Å². The van der Waals surface area contributed by atoms with Crippen LogP contribution < -0.4 is 14.4 Å². The van der Waals surface area contributed by atoms with Crippen LogP contribution in [0.25, 0.3) is 10.2 Å². The first-order valence-electron chi connectivity index (χ1n) is 11.9. The zero-order chi connectivity index (χ0) is 25.3. The van der Waals surface area contributed by atoms with Gasteiger partial charge in [0.15, 0.2) is 5.13 Å². The molecule has 5 rings (SSSR count). The van der Waals surface area contributed by atoms with Gasteiger partial charge in [0, 0.05) is 19.7 Å². The van der Waals surface area contributed by atoms with Crippen LogP contribution in [-0.2, 0) is 19.6 Å². The van der Waals surface area contributed by atoms with E-state index in [4.69, 9.17) is 19.2 Å². The molecule has 0 saturated carbocycles. The monoisotopic (exact) mass is 551 g/mol. The van der Waals surface area contributed by atoms with Crippen LogP contribution in [-0.4, -0.2) is 70.2 Å². The molecule has 9 nitrogen and oxygen atoms in total. The minimum absolute atomic E-state index is 0.0840. The fraction of sp³-hybridized carbons (Fsp3) is 0.500. The maximum absolute atomic E-state index is 14.0. The van der Waals surface area contributed by atoms with Crippen LogP contribution >= 0.6 is 22.7 Å². The Morgan fingerprint density at radius 2 is 2.00 bits per heavy atom. The number of sulfonamides is 1. The Balaban J connectivity index is 1.47. The van der Waals surface area contributed by atoms with E-state index in [-0.39, 0.29) is 18.6 Å². The Kier molecular flexibility index (Phi) is 7.49. The summed E-state index contributed by atoms with van der Waals surface area (Å²) in [7, 11) is -0.445. The third-order valence-electron chi connectivity index (χ3n) is 6.63. The number of carbonyl (C=O) groups excluding carboxylic acids is 1. The molecule has 2 aliphatic rings. The summed E-state index contributed by atoms with van der Waals surface area (Å²) in [4.78, 5) is 20.5. The van der Waals surface area contributed by atoms with Gasteiger partial charge in [-0.05, 0) is 49.3 Å². The molecule has 2 atom stereocenters. The highest BCUT2D eigenvalue weighted by molar-refractivity contribution is 7.91. The van der Waals surface area contributed by atoms with E-state index in [1.165, 1.54) is 27.0 Å². The Labute approximate surface area is 218 Å². The van der Waals surface area contributed by atoms with Crippen LogP contribution in [0.1, 0.15) is 25.7 Å². The molecule has 2 aliphatic heterocycles. The SMILES string of the molecule is COc1ccc(OC)c2sc(N(CC3CCCO3)C(=O)C3CCCN(S(=O)(=O)c4cccs4)C3)nc12. The number of piperidine rings is 1. The normalized spacial score (nSPS) is 21.1. The molecule has 12 heteroatoms. The molecule has 0 radical (unpaired) electrons. The van der Waals surface area contributed by atoms with Crippen molar-refractivity contribution in [2.45, 2.75) is 36.0 Å². The molecule has 0 spiro atoms. The summed E-state index contributed by atoms with van der Waals surface area (Å²) in [5.74, 6) is 0.660. The van der Waals surface area contributed by atoms with Crippen molar-refractivity contribution in [3.63, 3.8) is 0 Å². The summed E-state index contributed by atoms with van der Waals surface area (Å²) in [6.45, 7) is 1.60. The molecule has 0 bridgehead atoms. The molecule has 2 fully saturated rings. The largest absolute Gasteiger partial charge is 0.495 e. The quantitative estimate of drug-likeness (QED) is 0.418. The van der Waals surface area contributed by atoms with E-state index < -0.39 is 15.9 Å². The highest BCUT2D eigenvalue weighted by Crippen LogP contribution is 2.41. The van der Waals surface area contributed by atoms with Gasteiger partial charge in [-0.3, -0.25) is 9.69 Å². The molecule has 4 heterocycles. The van der Waals surface area contributed by atoms with Gasteiger partial charge in [0.2, 0.25) is 5.91 Å². The number of thiophene rings is 1. The molecule has 2 unspecified atom stereocenters. The minimum atomic E-state index is -3.63. The Hall–Kier alpha value is -2.25. The highest BCUT2D eigenvalue weighted by Gasteiger charge is 2.37. The van der Waals surface area contributed by atoms with Crippen LogP contribution in [0, 0.1) is 5.92 Å². The molecule has 194 valence electrons. The zero-order valence-corrected chi connectivity index (χ0v) is 22.7. The molecule has 3 aromatic rings. The van der Waals surface area contributed by atoms with Gasteiger partial charge < -0.3 is 14.2 Å². The summed E-state index contributed by atoms with van der Waals surface area (Å²) in [5, 5.41) is 2.28. The molecule has 1 amide bonds. The van der Waals surface area contributed by atoms with Gasteiger partial charge in [-0.2, -0.15) is 4.31 Å². The zero-order valence-electron chi connectivity index (χ0n) is 20.2. The first kappa shape index (κ1) is 25.4. The molecular formula is C24H29N3O6S3. The smallest absolute Gasteiger partial charge is 0.252 e. The van der Waals surface area contributed by atoms with Gasteiger partial charge in [0.25, 0.3) is 10.0 Å². The molecular weight excluding hydrogens is 522 g/mol. The van der Waals surface area contributed by atoms with Crippen molar-refractivity contribution in [3.8, 4) is 11.5 Å². The number of methoxy groups -OCH3 is 2. The minimum Gasteiger partial charge on any atom is -0.495 e. The number of hydrogen-bond acceptors (Lipinski definition) is 9. The predicted molar refractivity (Wildman–Crippen MR) is 140 cm³/mol. The van der Waals surface area contributed by atoms with Crippen molar-refractivity contribution in [1.29, 1.82) is 0 Å². The lowest BCUT2D eigenvalue weighted by Gasteiger charge is -2.34. The predicted octanol–water partition coefficient (Wildman–Crippen LogP) is 3.99. The number of nitrogens with zero attached hydrogens (tertiary/aromatic N) is 3. The van der Waals surface area contributed by atoms with E-state index >= 15 is 0 Å². The second-order valence-corrected chi connectivity index (χ2v) is 13.0. The van der Waals surface area contributed by atoms with Crippen LogP contribution in [0.4, 0.5) is 5.13 Å². The molecule has 0 N–H and O–H groups in total. The molecule has 2 aromatic heterocycles. The number of thiazole rings is 1. The standard InChI is InChI=1S/C24H29N3O6S3/c1-31-18-9-10-19(32-2)22-21(18)25-24(35-22)27(15-17-7-4-12-33-17)23(28)16-6-3-11-26(14-16)36(29,30)20-8-5-13-34-20/h5,8-10,13,16-17H,3-4,6-7,11-12,14-15H2,1-2H3. The van der Waals surface area contributed by atoms with E-state index in [0.29, 0.717) is 58.9 Å². The van der Waals surface area contributed by atoms with E-state index in [0.717, 1.165) is 17.5 Å². The Bertz CT molecular complexity index is 1280. The molecule has 36 heavy (non-hydrogen) atoms. The molecule has 0 aliphatic carbocycles. The number of anilines is 1. The van der Waals surface area contributed by atoms with Gasteiger partial charge in [-0.25, -0.2) is 13.4 Å². The van der Waals surface area contributed by atoms with E-state index in [9.17, 15) is 13.2 Å². The average molecular weight is 552 g/mol. The number of hydrogen-bond donors (Lipinski definition) is 0. The highest BCUT2D eigenvalue weighted by atomic mass is 32.2. The van der Waals surface area contributed by atoms with Crippen molar-refractivity contribution in [1.82, 2.24) is 9.29 Å². The first-order chi connectivity index (χ1) is 17.4. The number of carbonyl (C=O) groups is 1. The second-order valence-electron chi connectivity index (χ2n) is 8.86. The number of amides is 1. The third-order valence-corrected chi connectivity index (χ3v) is 11.0. The van der Waals surface area contributed by atoms with Crippen molar-refractivity contribution in [2.75, 3.05) is 45.4 Å². The lowest BCUT2D eigenvalue weighted by molar-refractivity contribution is -0.123. The Morgan fingerprint density at radius 3 is 2.69 bits per heavy atom. The average Bonchev–Trinajstić information content (AvgIpc) is 3.68. The topological polar surface area (TPSA) is 98.3 Å². The summed E-state index contributed by atoms with van der Waals surface area (Å²) >= 11 is 2.56. The van der Waals surface area contributed by atoms with Crippen LogP contribution in [0.2, 0.25) is 0 Å². The fourth-order valence-electron chi connectivity index (χ4n) is 4.76. The third kappa shape index (κ3) is 4.84. The lowest BCUT2D eigenvalue weighted by atomic mass is 9.98. The van der Waals surface area contributed by atoms with Crippen LogP contribution in [0.15, 0.2) is 33.9 Å². The number of aromatic nitrogens is 1. The van der Waals surface area contributed by atoms with Gasteiger partial charge >= 0.3 is 0 Å². The fourth-order valence-corrected chi connectivity index (χ4v) is 8.52. The van der Waals surface area contributed by atoms with E-state index in [1.54, 1.807) is 42.7 Å². The Morgan fingerprint density at radius 1 is 1.19 bits per heavy atom. The van der Waals surface area contributed by atoms with Crippen LogP contribution in [0.3, 0.4) is 0 Å².